The lowest BCUT2D eigenvalue weighted by Gasteiger charge is -2.18. The van der Waals surface area contributed by atoms with Gasteiger partial charge in [-0.25, -0.2) is 0 Å². The van der Waals surface area contributed by atoms with Crippen LogP contribution in [0, 0.1) is 5.41 Å². The molecular formula is C9H15N3. The summed E-state index contributed by atoms with van der Waals surface area (Å²) in [4.78, 5) is 0. The molecule has 66 valence electrons. The van der Waals surface area contributed by atoms with Gasteiger partial charge in [0.1, 0.15) is 5.69 Å². The summed E-state index contributed by atoms with van der Waals surface area (Å²) in [7, 11) is 0. The zero-order chi connectivity index (χ0) is 9.19. The van der Waals surface area contributed by atoms with Crippen molar-refractivity contribution >= 4 is 5.57 Å². The topological polar surface area (TPSA) is 41.6 Å². The van der Waals surface area contributed by atoms with E-state index in [0.29, 0.717) is 0 Å². The summed E-state index contributed by atoms with van der Waals surface area (Å²) in [5.41, 5.74) is 2.16. The molecule has 1 aromatic heterocycles. The molecule has 3 nitrogen and oxygen atoms in total. The maximum absolute atomic E-state index is 3.96. The van der Waals surface area contributed by atoms with Crippen LogP contribution in [0.3, 0.4) is 0 Å². The quantitative estimate of drug-likeness (QED) is 0.730. The highest BCUT2D eigenvalue weighted by Crippen LogP contribution is 2.27. The largest absolute Gasteiger partial charge is 0.265 e. The number of hydrogen-bond acceptors (Lipinski definition) is 2. The van der Waals surface area contributed by atoms with Crippen molar-refractivity contribution in [3.8, 4) is 0 Å². The molecule has 0 aliphatic carbocycles. The number of aromatic amines is 1. The minimum atomic E-state index is 0.260. The van der Waals surface area contributed by atoms with Crippen LogP contribution < -0.4 is 0 Å². The molecule has 12 heavy (non-hydrogen) atoms. The third kappa shape index (κ3) is 2.49. The Morgan fingerprint density at radius 2 is 2.25 bits per heavy atom. The summed E-state index contributed by atoms with van der Waals surface area (Å²) >= 11 is 0. The molecule has 1 heterocycles. The molecule has 0 unspecified atom stereocenters. The third-order valence-corrected chi connectivity index (χ3v) is 1.52. The van der Waals surface area contributed by atoms with E-state index < -0.39 is 0 Å². The lowest BCUT2D eigenvalue weighted by atomic mass is 9.88. The first-order chi connectivity index (χ1) is 5.49. The second kappa shape index (κ2) is 3.09. The molecule has 3 heteroatoms. The molecule has 0 fully saturated rings. The zero-order valence-corrected chi connectivity index (χ0v) is 7.89. The predicted molar refractivity (Wildman–Crippen MR) is 49.5 cm³/mol. The monoisotopic (exact) mass is 165 g/mol. The SMILES string of the molecule is C=C(CC(C)(C)C)c1c[nH]nn1. The van der Waals surface area contributed by atoms with Crippen LogP contribution in [0.4, 0.5) is 0 Å². The van der Waals surface area contributed by atoms with Gasteiger partial charge in [0.2, 0.25) is 0 Å². The number of rotatable bonds is 2. The fourth-order valence-electron chi connectivity index (χ4n) is 1.11. The summed E-state index contributed by atoms with van der Waals surface area (Å²) in [5.74, 6) is 0. The maximum Gasteiger partial charge on any atom is 0.108 e. The standard InChI is InChI=1S/C9H15N3/c1-7(5-9(2,3)4)8-6-10-12-11-8/h6H,1,5H2,2-4H3,(H,10,11,12). The van der Waals surface area contributed by atoms with E-state index in [4.69, 9.17) is 0 Å². The fraction of sp³-hybridized carbons (Fsp3) is 0.556. The van der Waals surface area contributed by atoms with Crippen molar-refractivity contribution in [2.45, 2.75) is 27.2 Å². The van der Waals surface area contributed by atoms with Crippen LogP contribution in [0.2, 0.25) is 0 Å². The number of nitrogens with one attached hydrogen (secondary N) is 1. The normalized spacial score (nSPS) is 11.6. The number of nitrogens with zero attached hydrogens (tertiary/aromatic N) is 2. The summed E-state index contributed by atoms with van der Waals surface area (Å²) < 4.78 is 0. The van der Waals surface area contributed by atoms with Gasteiger partial charge in [0, 0.05) is 6.20 Å². The highest BCUT2D eigenvalue weighted by molar-refractivity contribution is 5.59. The van der Waals surface area contributed by atoms with E-state index in [-0.39, 0.29) is 5.41 Å². The Hall–Kier alpha value is -1.12. The van der Waals surface area contributed by atoms with Gasteiger partial charge in [-0.15, -0.1) is 5.10 Å². The molecule has 0 aromatic carbocycles. The first-order valence-corrected chi connectivity index (χ1v) is 4.04. The Morgan fingerprint density at radius 1 is 1.58 bits per heavy atom. The molecule has 0 atom stereocenters. The first kappa shape index (κ1) is 8.97. The van der Waals surface area contributed by atoms with E-state index in [1.54, 1.807) is 6.20 Å². The Balaban J connectivity index is 2.63. The smallest absolute Gasteiger partial charge is 0.108 e. The van der Waals surface area contributed by atoms with Crippen LogP contribution in [0.15, 0.2) is 12.8 Å². The molecule has 0 amide bonds. The Bertz CT molecular complexity index is 254. The van der Waals surface area contributed by atoms with Crippen LogP contribution in [0.5, 0.6) is 0 Å². The van der Waals surface area contributed by atoms with Gasteiger partial charge in [0.05, 0.1) is 0 Å². The van der Waals surface area contributed by atoms with Crippen molar-refractivity contribution in [3.05, 3.63) is 18.5 Å². The minimum absolute atomic E-state index is 0.260. The number of H-pyrrole nitrogens is 1. The Morgan fingerprint density at radius 3 is 2.67 bits per heavy atom. The van der Waals surface area contributed by atoms with Crippen LogP contribution in [0.25, 0.3) is 5.57 Å². The summed E-state index contributed by atoms with van der Waals surface area (Å²) in [6.45, 7) is 10.5. The van der Waals surface area contributed by atoms with Gasteiger partial charge in [-0.1, -0.05) is 32.6 Å². The lowest BCUT2D eigenvalue weighted by molar-refractivity contribution is 0.427. The predicted octanol–water partition coefficient (Wildman–Crippen LogP) is 2.25. The van der Waals surface area contributed by atoms with E-state index in [1.807, 2.05) is 0 Å². The molecule has 0 spiro atoms. The van der Waals surface area contributed by atoms with E-state index >= 15 is 0 Å². The molecule has 0 bridgehead atoms. The second-order valence-electron chi connectivity index (χ2n) is 4.20. The van der Waals surface area contributed by atoms with E-state index in [0.717, 1.165) is 17.7 Å². The highest BCUT2D eigenvalue weighted by atomic mass is 15.3. The third-order valence-electron chi connectivity index (χ3n) is 1.52. The van der Waals surface area contributed by atoms with Gasteiger partial charge in [0.15, 0.2) is 0 Å². The molecule has 0 aliphatic rings. The first-order valence-electron chi connectivity index (χ1n) is 4.04. The molecular weight excluding hydrogens is 150 g/mol. The maximum atomic E-state index is 3.96. The Labute approximate surface area is 72.9 Å². The molecule has 1 rings (SSSR count). The van der Waals surface area contributed by atoms with E-state index in [9.17, 15) is 0 Å². The van der Waals surface area contributed by atoms with Crippen molar-refractivity contribution in [1.82, 2.24) is 15.4 Å². The fourth-order valence-corrected chi connectivity index (χ4v) is 1.11. The minimum Gasteiger partial charge on any atom is -0.265 e. The molecule has 1 aromatic rings. The van der Waals surface area contributed by atoms with Crippen molar-refractivity contribution in [2.24, 2.45) is 5.41 Å². The van der Waals surface area contributed by atoms with Crippen LogP contribution >= 0.6 is 0 Å². The van der Waals surface area contributed by atoms with Crippen molar-refractivity contribution in [2.75, 3.05) is 0 Å². The van der Waals surface area contributed by atoms with Crippen LogP contribution in [0.1, 0.15) is 32.9 Å². The van der Waals surface area contributed by atoms with Gasteiger partial charge in [0.25, 0.3) is 0 Å². The summed E-state index contributed by atoms with van der Waals surface area (Å²) in [6, 6.07) is 0. The number of hydrogen-bond donors (Lipinski definition) is 1. The van der Waals surface area contributed by atoms with Gasteiger partial charge in [-0.3, -0.25) is 5.10 Å². The lowest BCUT2D eigenvalue weighted by Crippen LogP contribution is -2.05. The molecule has 0 saturated heterocycles. The van der Waals surface area contributed by atoms with E-state index in [2.05, 4.69) is 42.8 Å². The van der Waals surface area contributed by atoms with Crippen molar-refractivity contribution < 1.29 is 0 Å². The second-order valence-corrected chi connectivity index (χ2v) is 4.20. The molecule has 1 N–H and O–H groups in total. The van der Waals surface area contributed by atoms with Gasteiger partial charge in [-0.2, -0.15) is 0 Å². The summed E-state index contributed by atoms with van der Waals surface area (Å²) in [5, 5.41) is 10.2. The van der Waals surface area contributed by atoms with Gasteiger partial charge >= 0.3 is 0 Å². The van der Waals surface area contributed by atoms with Gasteiger partial charge < -0.3 is 0 Å². The molecule has 0 radical (unpaired) electrons. The highest BCUT2D eigenvalue weighted by Gasteiger charge is 2.13. The number of aromatic nitrogens is 3. The van der Waals surface area contributed by atoms with Gasteiger partial charge in [-0.05, 0) is 17.4 Å². The van der Waals surface area contributed by atoms with E-state index in [1.165, 1.54) is 0 Å². The van der Waals surface area contributed by atoms with Crippen molar-refractivity contribution in [3.63, 3.8) is 0 Å². The Kier molecular flexibility index (Phi) is 2.31. The average molecular weight is 165 g/mol. The molecule has 0 saturated carbocycles. The van der Waals surface area contributed by atoms with Crippen LogP contribution in [-0.4, -0.2) is 15.4 Å². The molecule has 0 aliphatic heterocycles. The van der Waals surface area contributed by atoms with Crippen molar-refractivity contribution in [1.29, 1.82) is 0 Å². The van der Waals surface area contributed by atoms with Crippen LogP contribution in [-0.2, 0) is 0 Å². The number of allylic oxidation sites excluding steroid dienone is 1. The average Bonchev–Trinajstić information content (AvgIpc) is 2.32. The summed E-state index contributed by atoms with van der Waals surface area (Å²) in [6.07, 6.45) is 2.72. The zero-order valence-electron chi connectivity index (χ0n) is 7.89.